The molecule has 0 aliphatic carbocycles. The first-order chi connectivity index (χ1) is 11.0. The maximum Gasteiger partial charge on any atom is 0.269 e. The highest BCUT2D eigenvalue weighted by atomic mass is 16.6. The van der Waals surface area contributed by atoms with Gasteiger partial charge < -0.3 is 14.2 Å². The molecule has 7 heteroatoms. The Kier molecular flexibility index (Phi) is 4.80. The molecule has 2 aromatic carbocycles. The molecule has 0 aliphatic heterocycles. The van der Waals surface area contributed by atoms with Crippen molar-refractivity contribution in [2.24, 2.45) is 0 Å². The lowest BCUT2D eigenvalue weighted by molar-refractivity contribution is -0.384. The van der Waals surface area contributed by atoms with Crippen LogP contribution in [0.15, 0.2) is 36.4 Å². The molecule has 23 heavy (non-hydrogen) atoms. The number of hydrogen-bond acceptors (Lipinski definition) is 6. The lowest BCUT2D eigenvalue weighted by Crippen LogP contribution is -2.06. The van der Waals surface area contributed by atoms with Crippen molar-refractivity contribution in [3.8, 4) is 17.2 Å². The van der Waals surface area contributed by atoms with E-state index in [1.165, 1.54) is 45.6 Å². The highest BCUT2D eigenvalue weighted by Gasteiger charge is 2.22. The van der Waals surface area contributed by atoms with Crippen LogP contribution in [-0.4, -0.2) is 32.0 Å². The summed E-state index contributed by atoms with van der Waals surface area (Å²) in [6, 6.07) is 8.51. The van der Waals surface area contributed by atoms with Crippen LogP contribution in [0, 0.1) is 10.1 Å². The summed E-state index contributed by atoms with van der Waals surface area (Å²) >= 11 is 0. The summed E-state index contributed by atoms with van der Waals surface area (Å²) < 4.78 is 15.7. The van der Waals surface area contributed by atoms with E-state index < -0.39 is 4.92 Å². The maximum atomic E-state index is 12.6. The Labute approximate surface area is 132 Å². The SMILES string of the molecule is COc1ccc(C(=O)c2ccc([N+](=O)[O-])cc2)c(OC)c1OC. The van der Waals surface area contributed by atoms with E-state index in [2.05, 4.69) is 0 Å². The molecule has 0 saturated heterocycles. The molecular formula is C16H15NO6. The lowest BCUT2D eigenvalue weighted by Gasteiger charge is -2.15. The van der Waals surface area contributed by atoms with Gasteiger partial charge in [-0.25, -0.2) is 0 Å². The number of nitro groups is 1. The van der Waals surface area contributed by atoms with E-state index in [0.717, 1.165) is 0 Å². The molecule has 0 aromatic heterocycles. The predicted octanol–water partition coefficient (Wildman–Crippen LogP) is 2.85. The van der Waals surface area contributed by atoms with Gasteiger partial charge in [0, 0.05) is 17.7 Å². The molecule has 0 spiro atoms. The van der Waals surface area contributed by atoms with Crippen molar-refractivity contribution < 1.29 is 23.9 Å². The molecule has 0 unspecified atom stereocenters. The van der Waals surface area contributed by atoms with Gasteiger partial charge in [0.1, 0.15) is 0 Å². The summed E-state index contributed by atoms with van der Waals surface area (Å²) in [6.07, 6.45) is 0. The van der Waals surface area contributed by atoms with Crippen LogP contribution < -0.4 is 14.2 Å². The van der Waals surface area contributed by atoms with Crippen LogP contribution in [-0.2, 0) is 0 Å². The van der Waals surface area contributed by atoms with Crippen LogP contribution in [0.25, 0.3) is 0 Å². The number of hydrogen-bond donors (Lipinski definition) is 0. The molecule has 2 rings (SSSR count). The first-order valence-corrected chi connectivity index (χ1v) is 6.61. The van der Waals surface area contributed by atoms with Gasteiger partial charge >= 0.3 is 0 Å². The quantitative estimate of drug-likeness (QED) is 0.462. The van der Waals surface area contributed by atoms with Crippen molar-refractivity contribution in [1.82, 2.24) is 0 Å². The van der Waals surface area contributed by atoms with Gasteiger partial charge in [-0.3, -0.25) is 14.9 Å². The van der Waals surface area contributed by atoms with Crippen LogP contribution in [0.1, 0.15) is 15.9 Å². The molecule has 7 nitrogen and oxygen atoms in total. The minimum Gasteiger partial charge on any atom is -0.493 e. The molecule has 0 atom stereocenters. The molecule has 0 saturated carbocycles. The minimum absolute atomic E-state index is 0.0826. The van der Waals surface area contributed by atoms with Crippen LogP contribution >= 0.6 is 0 Å². The zero-order chi connectivity index (χ0) is 17.0. The molecule has 0 N–H and O–H groups in total. The number of ether oxygens (including phenoxy) is 3. The van der Waals surface area contributed by atoms with Gasteiger partial charge in [-0.2, -0.15) is 0 Å². The highest BCUT2D eigenvalue weighted by molar-refractivity contribution is 6.11. The second-order valence-electron chi connectivity index (χ2n) is 4.51. The Morgan fingerprint density at radius 2 is 1.52 bits per heavy atom. The molecule has 0 radical (unpaired) electrons. The third kappa shape index (κ3) is 3.08. The van der Waals surface area contributed by atoms with Gasteiger partial charge in [0.2, 0.25) is 5.75 Å². The Morgan fingerprint density at radius 3 is 2.00 bits per heavy atom. The van der Waals surface area contributed by atoms with Gasteiger partial charge in [-0.05, 0) is 24.3 Å². The highest BCUT2D eigenvalue weighted by Crippen LogP contribution is 2.40. The second-order valence-corrected chi connectivity index (χ2v) is 4.51. The number of benzene rings is 2. The number of ketones is 1. The molecular weight excluding hydrogens is 302 g/mol. The van der Waals surface area contributed by atoms with Crippen LogP contribution in [0.5, 0.6) is 17.2 Å². The fourth-order valence-electron chi connectivity index (χ4n) is 2.17. The number of non-ortho nitro benzene ring substituents is 1. The standard InChI is InChI=1S/C16H15NO6/c1-21-13-9-8-12(15(22-2)16(13)23-3)14(18)10-4-6-11(7-5-10)17(19)20/h4-9H,1-3H3. The number of methoxy groups -OCH3 is 3. The smallest absolute Gasteiger partial charge is 0.269 e. The van der Waals surface area contributed by atoms with Crippen molar-refractivity contribution in [3.63, 3.8) is 0 Å². The first-order valence-electron chi connectivity index (χ1n) is 6.61. The molecule has 0 fully saturated rings. The summed E-state index contributed by atoms with van der Waals surface area (Å²) in [5.41, 5.74) is 0.501. The van der Waals surface area contributed by atoms with Crippen molar-refractivity contribution in [3.05, 3.63) is 57.6 Å². The van der Waals surface area contributed by atoms with E-state index >= 15 is 0 Å². The topological polar surface area (TPSA) is 87.9 Å². The maximum absolute atomic E-state index is 12.6. The van der Waals surface area contributed by atoms with Crippen LogP contribution in [0.3, 0.4) is 0 Å². The van der Waals surface area contributed by atoms with Crippen molar-refractivity contribution in [1.29, 1.82) is 0 Å². The molecule has 0 aliphatic rings. The summed E-state index contributed by atoms with van der Waals surface area (Å²) in [5, 5.41) is 10.7. The Morgan fingerprint density at radius 1 is 0.913 bits per heavy atom. The van der Waals surface area contributed by atoms with E-state index in [9.17, 15) is 14.9 Å². The van der Waals surface area contributed by atoms with Crippen molar-refractivity contribution >= 4 is 11.5 Å². The second kappa shape index (κ2) is 6.78. The van der Waals surface area contributed by atoms with Crippen LogP contribution in [0.4, 0.5) is 5.69 Å². The zero-order valence-electron chi connectivity index (χ0n) is 12.9. The number of nitrogens with zero attached hydrogens (tertiary/aromatic N) is 1. The monoisotopic (exact) mass is 317 g/mol. The molecule has 2 aromatic rings. The number of rotatable bonds is 6. The van der Waals surface area contributed by atoms with E-state index in [-0.39, 0.29) is 22.8 Å². The number of nitro benzene ring substituents is 1. The minimum atomic E-state index is -0.523. The van der Waals surface area contributed by atoms with E-state index in [0.29, 0.717) is 17.1 Å². The van der Waals surface area contributed by atoms with E-state index in [1.54, 1.807) is 12.1 Å². The normalized spacial score (nSPS) is 10.0. The molecule has 0 bridgehead atoms. The van der Waals surface area contributed by atoms with Crippen LogP contribution in [0.2, 0.25) is 0 Å². The largest absolute Gasteiger partial charge is 0.493 e. The Balaban J connectivity index is 2.48. The average Bonchev–Trinajstić information content (AvgIpc) is 2.59. The Hall–Kier alpha value is -3.09. The van der Waals surface area contributed by atoms with E-state index in [1.807, 2.05) is 0 Å². The zero-order valence-corrected chi connectivity index (χ0v) is 12.9. The van der Waals surface area contributed by atoms with Gasteiger partial charge in [-0.1, -0.05) is 0 Å². The lowest BCUT2D eigenvalue weighted by atomic mass is 10.0. The summed E-state index contributed by atoms with van der Waals surface area (Å²) in [4.78, 5) is 22.8. The van der Waals surface area contributed by atoms with Gasteiger partial charge in [0.15, 0.2) is 17.3 Å². The fraction of sp³-hybridized carbons (Fsp3) is 0.188. The predicted molar refractivity (Wildman–Crippen MR) is 82.6 cm³/mol. The van der Waals surface area contributed by atoms with Gasteiger partial charge in [-0.15, -0.1) is 0 Å². The summed E-state index contributed by atoms with van der Waals surface area (Å²) in [7, 11) is 4.35. The molecule has 0 amide bonds. The van der Waals surface area contributed by atoms with Crippen molar-refractivity contribution in [2.75, 3.05) is 21.3 Å². The summed E-state index contributed by atoms with van der Waals surface area (Å²) in [6.45, 7) is 0. The Bertz CT molecular complexity index is 739. The van der Waals surface area contributed by atoms with Gasteiger partial charge in [0.05, 0.1) is 31.8 Å². The average molecular weight is 317 g/mol. The molecule has 0 heterocycles. The number of carbonyl (C=O) groups excluding carboxylic acids is 1. The van der Waals surface area contributed by atoms with Crippen molar-refractivity contribution in [2.45, 2.75) is 0 Å². The van der Waals surface area contributed by atoms with Gasteiger partial charge in [0.25, 0.3) is 5.69 Å². The number of carbonyl (C=O) groups is 1. The third-order valence-electron chi connectivity index (χ3n) is 3.29. The summed E-state index contributed by atoms with van der Waals surface area (Å²) in [5.74, 6) is 0.653. The fourth-order valence-corrected chi connectivity index (χ4v) is 2.17. The van der Waals surface area contributed by atoms with E-state index in [4.69, 9.17) is 14.2 Å². The third-order valence-corrected chi connectivity index (χ3v) is 3.29. The first kappa shape index (κ1) is 16.3. The molecule has 120 valence electrons.